The molecule has 0 unspecified atom stereocenters. The van der Waals surface area contributed by atoms with Crippen molar-refractivity contribution in [3.63, 3.8) is 0 Å². The number of benzene rings is 5. The molecule has 34 heavy (non-hydrogen) atoms. The van der Waals surface area contributed by atoms with Crippen LogP contribution < -0.4 is 0 Å². The van der Waals surface area contributed by atoms with Crippen LogP contribution in [0.3, 0.4) is 0 Å². The van der Waals surface area contributed by atoms with Crippen LogP contribution in [0.4, 0.5) is 0 Å². The van der Waals surface area contributed by atoms with Crippen molar-refractivity contribution in [3.8, 4) is 34.5 Å². The molecule has 0 atom stereocenters. The lowest BCUT2D eigenvalue weighted by Gasteiger charge is -2.24. The second-order valence-electron chi connectivity index (χ2n) is 8.68. The van der Waals surface area contributed by atoms with E-state index < -0.39 is 34.5 Å². The van der Waals surface area contributed by atoms with Gasteiger partial charge in [-0.1, -0.05) is 6.08 Å². The molecule has 6 rings (SSSR count). The molecule has 0 bridgehead atoms. The summed E-state index contributed by atoms with van der Waals surface area (Å²) in [4.78, 5) is 0. The third-order valence-corrected chi connectivity index (χ3v) is 6.56. The standard InChI is InChI=1S/C26H18O8/c27-16-2-1-13-19(24(16)31)15-6-11-5-10-3-4-26(33,34)9-12(10)7-14(11)23(30)21(15)22-17(28)8-18(29)25(32)20(13)22/h1-8,27-34H,9H2. The molecule has 0 aliphatic heterocycles. The Morgan fingerprint density at radius 1 is 0.588 bits per heavy atom. The van der Waals surface area contributed by atoms with Gasteiger partial charge in [0.2, 0.25) is 0 Å². The molecule has 0 spiro atoms. The van der Waals surface area contributed by atoms with Crippen LogP contribution in [-0.4, -0.2) is 46.6 Å². The Labute approximate surface area is 190 Å². The third-order valence-electron chi connectivity index (χ3n) is 6.56. The van der Waals surface area contributed by atoms with Gasteiger partial charge in [-0.2, -0.15) is 0 Å². The highest BCUT2D eigenvalue weighted by atomic mass is 16.5. The largest absolute Gasteiger partial charge is 0.507 e. The van der Waals surface area contributed by atoms with E-state index in [2.05, 4.69) is 0 Å². The Morgan fingerprint density at radius 2 is 1.29 bits per heavy atom. The minimum absolute atomic E-state index is 0.0180. The summed E-state index contributed by atoms with van der Waals surface area (Å²) in [6.07, 6.45) is 2.73. The predicted octanol–water partition coefficient (Wildman–Crippen LogP) is 3.78. The zero-order chi connectivity index (χ0) is 24.1. The maximum absolute atomic E-state index is 11.4. The first kappa shape index (κ1) is 20.2. The normalized spacial score (nSPS) is 14.9. The fourth-order valence-electron chi connectivity index (χ4n) is 5.04. The molecule has 5 aromatic rings. The molecule has 170 valence electrons. The number of phenolic OH excluding ortho intramolecular Hbond substituents is 6. The second-order valence-corrected chi connectivity index (χ2v) is 8.68. The molecule has 1 aliphatic carbocycles. The maximum atomic E-state index is 11.4. The number of rotatable bonds is 0. The van der Waals surface area contributed by atoms with Gasteiger partial charge in [-0.25, -0.2) is 0 Å². The lowest BCUT2D eigenvalue weighted by atomic mass is 9.87. The quantitative estimate of drug-likeness (QED) is 0.0572. The molecule has 0 heterocycles. The van der Waals surface area contributed by atoms with Crippen molar-refractivity contribution >= 4 is 49.2 Å². The van der Waals surface area contributed by atoms with Crippen LogP contribution in [-0.2, 0) is 6.42 Å². The van der Waals surface area contributed by atoms with Crippen molar-refractivity contribution in [2.24, 2.45) is 0 Å². The van der Waals surface area contributed by atoms with E-state index in [0.29, 0.717) is 27.3 Å². The Kier molecular flexibility index (Phi) is 3.77. The van der Waals surface area contributed by atoms with Gasteiger partial charge >= 0.3 is 0 Å². The predicted molar refractivity (Wildman–Crippen MR) is 126 cm³/mol. The molecule has 8 nitrogen and oxygen atoms in total. The first-order valence-corrected chi connectivity index (χ1v) is 10.4. The molecule has 0 aromatic heterocycles. The van der Waals surface area contributed by atoms with Gasteiger partial charge in [0.1, 0.15) is 11.5 Å². The molecule has 8 N–H and O–H groups in total. The minimum Gasteiger partial charge on any atom is -0.507 e. The number of aliphatic hydroxyl groups is 2. The molecule has 1 aliphatic rings. The molecule has 0 saturated carbocycles. The zero-order valence-electron chi connectivity index (χ0n) is 17.4. The molecule has 8 heteroatoms. The summed E-state index contributed by atoms with van der Waals surface area (Å²) >= 11 is 0. The van der Waals surface area contributed by atoms with Gasteiger partial charge in [-0.05, 0) is 63.7 Å². The highest BCUT2D eigenvalue weighted by molar-refractivity contribution is 6.33. The van der Waals surface area contributed by atoms with Crippen molar-refractivity contribution in [2.75, 3.05) is 0 Å². The van der Waals surface area contributed by atoms with E-state index in [1.807, 2.05) is 0 Å². The number of hydrogen-bond acceptors (Lipinski definition) is 8. The summed E-state index contributed by atoms with van der Waals surface area (Å²) in [6, 6.07) is 8.64. The van der Waals surface area contributed by atoms with Crippen LogP contribution in [0.15, 0.2) is 42.5 Å². The first-order valence-electron chi connectivity index (χ1n) is 10.4. The molecular weight excluding hydrogens is 440 g/mol. The number of phenols is 6. The molecule has 0 saturated heterocycles. The Morgan fingerprint density at radius 3 is 2.06 bits per heavy atom. The van der Waals surface area contributed by atoms with E-state index in [0.717, 1.165) is 6.07 Å². The minimum atomic E-state index is -2.03. The highest BCUT2D eigenvalue weighted by Gasteiger charge is 2.27. The smallest absolute Gasteiger partial charge is 0.187 e. The van der Waals surface area contributed by atoms with Crippen LogP contribution >= 0.6 is 0 Å². The third kappa shape index (κ3) is 2.54. The van der Waals surface area contributed by atoms with Crippen molar-refractivity contribution in [2.45, 2.75) is 12.2 Å². The van der Waals surface area contributed by atoms with E-state index >= 15 is 0 Å². The Bertz CT molecular complexity index is 1770. The summed E-state index contributed by atoms with van der Waals surface area (Å²) in [5.74, 6) is -4.81. The summed E-state index contributed by atoms with van der Waals surface area (Å²) in [5.41, 5.74) is 1.29. The van der Waals surface area contributed by atoms with E-state index in [4.69, 9.17) is 0 Å². The molecular formula is C26H18O8. The maximum Gasteiger partial charge on any atom is 0.187 e. The molecule has 0 amide bonds. The van der Waals surface area contributed by atoms with Gasteiger partial charge in [0.15, 0.2) is 28.8 Å². The van der Waals surface area contributed by atoms with Gasteiger partial charge < -0.3 is 40.9 Å². The topological polar surface area (TPSA) is 162 Å². The van der Waals surface area contributed by atoms with Gasteiger partial charge in [0, 0.05) is 39.4 Å². The van der Waals surface area contributed by atoms with Crippen LogP contribution in [0.1, 0.15) is 11.1 Å². The summed E-state index contributed by atoms with van der Waals surface area (Å²) in [6.45, 7) is 0. The Hall–Kier alpha value is -4.40. The average molecular weight is 458 g/mol. The number of fused-ring (bicyclic) bond motifs is 8. The van der Waals surface area contributed by atoms with Crippen molar-refractivity contribution in [1.29, 1.82) is 0 Å². The molecule has 0 radical (unpaired) electrons. The zero-order valence-corrected chi connectivity index (χ0v) is 17.4. The van der Waals surface area contributed by atoms with E-state index in [1.165, 1.54) is 18.2 Å². The van der Waals surface area contributed by atoms with Gasteiger partial charge in [-0.3, -0.25) is 0 Å². The van der Waals surface area contributed by atoms with Gasteiger partial charge in [0.25, 0.3) is 0 Å². The van der Waals surface area contributed by atoms with Crippen LogP contribution in [0.2, 0.25) is 0 Å². The van der Waals surface area contributed by atoms with Gasteiger partial charge in [0.05, 0.1) is 0 Å². The lowest BCUT2D eigenvalue weighted by Crippen LogP contribution is -2.30. The monoisotopic (exact) mass is 458 g/mol. The van der Waals surface area contributed by atoms with Gasteiger partial charge in [-0.15, -0.1) is 0 Å². The second kappa shape index (κ2) is 6.34. The van der Waals surface area contributed by atoms with Crippen LogP contribution in [0, 0.1) is 0 Å². The van der Waals surface area contributed by atoms with E-state index in [1.54, 1.807) is 24.3 Å². The number of hydrogen-bond donors (Lipinski definition) is 8. The first-order chi connectivity index (χ1) is 16.1. The van der Waals surface area contributed by atoms with E-state index in [-0.39, 0.29) is 39.1 Å². The van der Waals surface area contributed by atoms with E-state index in [9.17, 15) is 40.9 Å². The van der Waals surface area contributed by atoms with Crippen molar-refractivity contribution in [3.05, 3.63) is 53.6 Å². The molecule has 0 fully saturated rings. The average Bonchev–Trinajstić information content (AvgIpc) is 2.77. The summed E-state index contributed by atoms with van der Waals surface area (Å²) in [7, 11) is 0. The summed E-state index contributed by atoms with van der Waals surface area (Å²) < 4.78 is 0. The summed E-state index contributed by atoms with van der Waals surface area (Å²) in [5, 5.41) is 85.6. The van der Waals surface area contributed by atoms with Crippen LogP contribution in [0.25, 0.3) is 49.2 Å². The van der Waals surface area contributed by atoms with Crippen LogP contribution in [0.5, 0.6) is 34.5 Å². The highest BCUT2D eigenvalue weighted by Crippen LogP contribution is 2.53. The van der Waals surface area contributed by atoms with Crippen molar-refractivity contribution in [1.82, 2.24) is 0 Å². The van der Waals surface area contributed by atoms with Crippen molar-refractivity contribution < 1.29 is 40.9 Å². The SMILES string of the molecule is Oc1ccc2c(c1O)c1cc3cc4c(cc3c(O)c1c1c(O)cc(O)c(O)c21)CC(O)(O)C=C4. The lowest BCUT2D eigenvalue weighted by molar-refractivity contribution is -0.116. The fourth-order valence-corrected chi connectivity index (χ4v) is 5.04. The molecule has 5 aromatic carbocycles. The fraction of sp³-hybridized carbons (Fsp3) is 0.0769. The Balaban J connectivity index is 1.91. The number of aromatic hydroxyl groups is 6.